The van der Waals surface area contributed by atoms with Crippen LogP contribution in [0.3, 0.4) is 0 Å². The molecule has 1 aromatic rings. The zero-order valence-electron chi connectivity index (χ0n) is 8.89. The van der Waals surface area contributed by atoms with Gasteiger partial charge in [-0.25, -0.2) is 0 Å². The van der Waals surface area contributed by atoms with E-state index in [2.05, 4.69) is 47.4 Å². The van der Waals surface area contributed by atoms with Gasteiger partial charge >= 0.3 is 0 Å². The lowest BCUT2D eigenvalue weighted by molar-refractivity contribution is 1.64. The second kappa shape index (κ2) is 6.68. The molecule has 0 aliphatic rings. The Morgan fingerprint density at radius 1 is 0.812 bits per heavy atom. The number of anilines is 1. The van der Waals surface area contributed by atoms with E-state index in [1.807, 2.05) is 12.1 Å². The molecule has 0 saturated carbocycles. The van der Waals surface area contributed by atoms with Crippen molar-refractivity contribution in [2.45, 2.75) is 6.92 Å². The SMILES string of the molecule is CC#CC#CC#CC#Cc1ccc(N)cc1. The fourth-order valence-corrected chi connectivity index (χ4v) is 0.857. The predicted octanol–water partition coefficient (Wildman–Crippen LogP) is 1.65. The number of hydrogen-bond donors (Lipinski definition) is 1. The number of nitrogen functional groups attached to an aromatic ring is 1. The standard InChI is InChI=1S/C15H9N/c1-2-3-4-5-6-7-8-9-14-10-12-15(16)13-11-14/h10-13H,16H2,1H3. The van der Waals surface area contributed by atoms with Crippen LogP contribution in [0.15, 0.2) is 24.3 Å². The van der Waals surface area contributed by atoms with Gasteiger partial charge in [-0.2, -0.15) is 0 Å². The fraction of sp³-hybridized carbons (Fsp3) is 0.0667. The molecule has 0 radical (unpaired) electrons. The molecule has 1 nitrogen and oxygen atoms in total. The summed E-state index contributed by atoms with van der Waals surface area (Å²) in [6, 6.07) is 7.29. The molecule has 0 atom stereocenters. The van der Waals surface area contributed by atoms with Gasteiger partial charge in [0.1, 0.15) is 0 Å². The summed E-state index contributed by atoms with van der Waals surface area (Å²) in [5.41, 5.74) is 7.14. The summed E-state index contributed by atoms with van der Waals surface area (Å²) in [7, 11) is 0. The average molecular weight is 203 g/mol. The molecule has 1 heteroatoms. The first-order valence-electron chi connectivity index (χ1n) is 4.61. The second-order valence-corrected chi connectivity index (χ2v) is 2.75. The number of benzene rings is 1. The van der Waals surface area contributed by atoms with Crippen LogP contribution in [-0.2, 0) is 0 Å². The van der Waals surface area contributed by atoms with Gasteiger partial charge in [-0.15, -0.1) is 0 Å². The van der Waals surface area contributed by atoms with Crippen molar-refractivity contribution in [3.05, 3.63) is 29.8 Å². The van der Waals surface area contributed by atoms with E-state index in [9.17, 15) is 0 Å². The van der Waals surface area contributed by atoms with Crippen molar-refractivity contribution in [2.24, 2.45) is 0 Å². The Morgan fingerprint density at radius 2 is 1.38 bits per heavy atom. The Morgan fingerprint density at radius 3 is 2.00 bits per heavy atom. The van der Waals surface area contributed by atoms with Crippen LogP contribution in [0.25, 0.3) is 0 Å². The van der Waals surface area contributed by atoms with Gasteiger partial charge in [0.25, 0.3) is 0 Å². The molecule has 0 saturated heterocycles. The maximum atomic E-state index is 5.54. The molecule has 1 rings (SSSR count). The van der Waals surface area contributed by atoms with E-state index in [1.165, 1.54) is 0 Å². The van der Waals surface area contributed by atoms with Gasteiger partial charge in [0.05, 0.1) is 0 Å². The van der Waals surface area contributed by atoms with Gasteiger partial charge in [0.15, 0.2) is 0 Å². The average Bonchev–Trinajstić information content (AvgIpc) is 2.30. The van der Waals surface area contributed by atoms with Gasteiger partial charge in [-0.3, -0.25) is 0 Å². The molecular weight excluding hydrogens is 194 g/mol. The predicted molar refractivity (Wildman–Crippen MR) is 66.7 cm³/mol. The molecule has 0 aliphatic heterocycles. The lowest BCUT2D eigenvalue weighted by Gasteiger charge is -1.90. The van der Waals surface area contributed by atoms with Gasteiger partial charge in [-0.05, 0) is 66.7 Å². The van der Waals surface area contributed by atoms with E-state index >= 15 is 0 Å². The fourth-order valence-electron chi connectivity index (χ4n) is 0.857. The summed E-state index contributed by atoms with van der Waals surface area (Å²) >= 11 is 0. The molecule has 0 bridgehead atoms. The largest absolute Gasteiger partial charge is 0.399 e. The van der Waals surface area contributed by atoms with Crippen LogP contribution in [0.1, 0.15) is 12.5 Å². The van der Waals surface area contributed by atoms with Crippen molar-refractivity contribution in [3.63, 3.8) is 0 Å². The molecule has 0 heterocycles. The van der Waals surface area contributed by atoms with Crippen LogP contribution < -0.4 is 5.73 Å². The van der Waals surface area contributed by atoms with Gasteiger partial charge < -0.3 is 5.73 Å². The topological polar surface area (TPSA) is 26.0 Å². The third-order valence-electron chi connectivity index (χ3n) is 1.56. The van der Waals surface area contributed by atoms with Gasteiger partial charge in [-0.1, -0.05) is 11.8 Å². The van der Waals surface area contributed by atoms with Gasteiger partial charge in [0.2, 0.25) is 0 Å². The zero-order valence-corrected chi connectivity index (χ0v) is 8.89. The smallest absolute Gasteiger partial charge is 0.0314 e. The first-order valence-corrected chi connectivity index (χ1v) is 4.61. The highest BCUT2D eigenvalue weighted by molar-refractivity contribution is 5.47. The van der Waals surface area contributed by atoms with Crippen LogP contribution in [0.4, 0.5) is 5.69 Å². The van der Waals surface area contributed by atoms with Crippen molar-refractivity contribution in [2.75, 3.05) is 5.73 Å². The lowest BCUT2D eigenvalue weighted by atomic mass is 10.2. The summed E-state index contributed by atoms with van der Waals surface area (Å²) in [6.07, 6.45) is 0. The maximum absolute atomic E-state index is 5.54. The summed E-state index contributed by atoms with van der Waals surface area (Å²) < 4.78 is 0. The number of hydrogen-bond acceptors (Lipinski definition) is 1. The van der Waals surface area contributed by atoms with Crippen LogP contribution >= 0.6 is 0 Å². The maximum Gasteiger partial charge on any atom is 0.0314 e. The summed E-state index contributed by atoms with van der Waals surface area (Å²) in [4.78, 5) is 0. The molecule has 0 fully saturated rings. The Kier molecular flexibility index (Phi) is 4.73. The van der Waals surface area contributed by atoms with E-state index in [-0.39, 0.29) is 0 Å². The highest BCUT2D eigenvalue weighted by atomic mass is 14.5. The van der Waals surface area contributed by atoms with Crippen molar-refractivity contribution in [3.8, 4) is 47.4 Å². The van der Waals surface area contributed by atoms with E-state index < -0.39 is 0 Å². The highest BCUT2D eigenvalue weighted by Gasteiger charge is 1.84. The monoisotopic (exact) mass is 203 g/mol. The van der Waals surface area contributed by atoms with Crippen molar-refractivity contribution < 1.29 is 0 Å². The summed E-state index contributed by atoms with van der Waals surface area (Å²) in [5, 5.41) is 0. The quantitative estimate of drug-likeness (QED) is 0.503. The van der Waals surface area contributed by atoms with Crippen molar-refractivity contribution >= 4 is 5.69 Å². The van der Waals surface area contributed by atoms with Crippen LogP contribution in [0.2, 0.25) is 0 Å². The van der Waals surface area contributed by atoms with E-state index in [4.69, 9.17) is 5.73 Å². The molecule has 2 N–H and O–H groups in total. The molecule has 0 aliphatic carbocycles. The molecule has 0 spiro atoms. The first kappa shape index (κ1) is 11.3. The molecule has 74 valence electrons. The normalized spacial score (nSPS) is 6.56. The van der Waals surface area contributed by atoms with Crippen molar-refractivity contribution in [1.82, 2.24) is 0 Å². The second-order valence-electron chi connectivity index (χ2n) is 2.75. The first-order chi connectivity index (χ1) is 7.83. The molecule has 0 aromatic heterocycles. The van der Waals surface area contributed by atoms with Crippen molar-refractivity contribution in [1.29, 1.82) is 0 Å². The molecule has 1 aromatic carbocycles. The number of nitrogens with two attached hydrogens (primary N) is 1. The Balaban J connectivity index is 2.65. The van der Waals surface area contributed by atoms with E-state index in [0.29, 0.717) is 0 Å². The minimum atomic E-state index is 0.723. The van der Waals surface area contributed by atoms with E-state index in [0.717, 1.165) is 11.3 Å². The van der Waals surface area contributed by atoms with Crippen LogP contribution in [0, 0.1) is 47.4 Å². The van der Waals surface area contributed by atoms with Crippen LogP contribution in [0.5, 0.6) is 0 Å². The number of rotatable bonds is 0. The third kappa shape index (κ3) is 4.48. The molecule has 0 unspecified atom stereocenters. The van der Waals surface area contributed by atoms with Gasteiger partial charge in [0, 0.05) is 11.3 Å². The Hall–Kier alpha value is -2.74. The highest BCUT2D eigenvalue weighted by Crippen LogP contribution is 2.03. The molecule has 0 amide bonds. The van der Waals surface area contributed by atoms with E-state index in [1.54, 1.807) is 19.1 Å². The third-order valence-corrected chi connectivity index (χ3v) is 1.56. The Bertz CT molecular complexity index is 591. The Labute approximate surface area is 96.1 Å². The minimum absolute atomic E-state index is 0.723. The molecular formula is C15H9N. The minimum Gasteiger partial charge on any atom is -0.399 e. The summed E-state index contributed by atoms with van der Waals surface area (Å²) in [5.74, 6) is 21.2. The summed E-state index contributed by atoms with van der Waals surface area (Å²) in [6.45, 7) is 1.73. The lowest BCUT2D eigenvalue weighted by Crippen LogP contribution is -1.82. The zero-order chi connectivity index (χ0) is 11.6. The van der Waals surface area contributed by atoms with Crippen LogP contribution in [-0.4, -0.2) is 0 Å². The molecule has 16 heavy (non-hydrogen) atoms.